The average molecular weight is 261 g/mol. The van der Waals surface area contributed by atoms with E-state index >= 15 is 0 Å². The topological polar surface area (TPSA) is 25.4 Å². The monoisotopic (exact) mass is 260 g/mol. The molecule has 3 nitrogen and oxygen atoms in total. The maximum atomic E-state index is 5.73. The Labute approximate surface area is 105 Å². The van der Waals surface area contributed by atoms with Crippen molar-refractivity contribution in [1.29, 1.82) is 0 Å². The summed E-state index contributed by atoms with van der Waals surface area (Å²) in [5.41, 5.74) is 1.00. The van der Waals surface area contributed by atoms with Crippen molar-refractivity contribution in [2.45, 2.75) is 18.7 Å². The van der Waals surface area contributed by atoms with Crippen molar-refractivity contribution in [2.24, 2.45) is 0 Å². The van der Waals surface area contributed by atoms with E-state index in [1.165, 1.54) is 5.01 Å². The Morgan fingerprint density at radius 3 is 3.19 bits per heavy atom. The molecule has 0 aromatic carbocycles. The molecule has 0 unspecified atom stereocenters. The van der Waals surface area contributed by atoms with Crippen LogP contribution in [-0.4, -0.2) is 42.7 Å². The molecular formula is C11H17ClN2OS. The van der Waals surface area contributed by atoms with E-state index < -0.39 is 0 Å². The molecule has 0 atom stereocenters. The summed E-state index contributed by atoms with van der Waals surface area (Å²) in [5, 5.41) is 3.24. The molecule has 1 saturated heterocycles. The van der Waals surface area contributed by atoms with Gasteiger partial charge in [0.15, 0.2) is 0 Å². The van der Waals surface area contributed by atoms with Crippen LogP contribution in [0.2, 0.25) is 0 Å². The highest BCUT2D eigenvalue weighted by Gasteiger charge is 2.10. The van der Waals surface area contributed by atoms with Crippen molar-refractivity contribution in [3.8, 4) is 0 Å². The van der Waals surface area contributed by atoms with Gasteiger partial charge in [-0.15, -0.1) is 22.9 Å². The smallest absolute Gasteiger partial charge is 0.0941 e. The second-order valence-electron chi connectivity index (χ2n) is 3.92. The van der Waals surface area contributed by atoms with Crippen LogP contribution in [0.5, 0.6) is 0 Å². The fourth-order valence-electron chi connectivity index (χ4n) is 1.80. The summed E-state index contributed by atoms with van der Waals surface area (Å²) in [6.45, 7) is 5.05. The van der Waals surface area contributed by atoms with Crippen LogP contribution in [0.15, 0.2) is 5.38 Å². The molecule has 1 aromatic rings. The van der Waals surface area contributed by atoms with Gasteiger partial charge in [0.2, 0.25) is 0 Å². The van der Waals surface area contributed by atoms with Crippen LogP contribution in [0, 0.1) is 0 Å². The van der Waals surface area contributed by atoms with Crippen LogP contribution < -0.4 is 0 Å². The molecule has 16 heavy (non-hydrogen) atoms. The lowest BCUT2D eigenvalue weighted by molar-refractivity contribution is 0.141. The number of hydrogen-bond acceptors (Lipinski definition) is 4. The minimum atomic E-state index is 0.522. The van der Waals surface area contributed by atoms with E-state index in [9.17, 15) is 0 Å². The van der Waals surface area contributed by atoms with Crippen LogP contribution in [0.1, 0.15) is 17.1 Å². The molecule has 0 radical (unpaired) electrons. The highest BCUT2D eigenvalue weighted by Crippen LogP contribution is 2.13. The van der Waals surface area contributed by atoms with E-state index in [1.807, 2.05) is 5.38 Å². The van der Waals surface area contributed by atoms with Crippen LogP contribution in [0.25, 0.3) is 0 Å². The predicted molar refractivity (Wildman–Crippen MR) is 67.3 cm³/mol. The molecule has 0 saturated carbocycles. The molecule has 0 aliphatic carbocycles. The molecule has 0 amide bonds. The third-order valence-electron chi connectivity index (χ3n) is 2.69. The summed E-state index contributed by atoms with van der Waals surface area (Å²) in [6, 6.07) is 0. The number of rotatable bonds is 4. The summed E-state index contributed by atoms with van der Waals surface area (Å²) in [6.07, 6.45) is 2.17. The molecule has 90 valence electrons. The first-order valence-electron chi connectivity index (χ1n) is 5.68. The molecule has 1 aromatic heterocycles. The molecule has 5 heteroatoms. The number of nitrogens with zero attached hydrogens (tertiary/aromatic N) is 2. The van der Waals surface area contributed by atoms with E-state index in [4.69, 9.17) is 16.3 Å². The van der Waals surface area contributed by atoms with Gasteiger partial charge in [0.25, 0.3) is 0 Å². The van der Waals surface area contributed by atoms with E-state index in [2.05, 4.69) is 9.88 Å². The molecule has 0 bridgehead atoms. The zero-order valence-electron chi connectivity index (χ0n) is 9.32. The summed E-state index contributed by atoms with van der Waals surface area (Å²) >= 11 is 7.44. The first-order valence-corrected chi connectivity index (χ1v) is 7.09. The van der Waals surface area contributed by atoms with E-state index in [1.54, 1.807) is 11.3 Å². The maximum absolute atomic E-state index is 5.73. The predicted octanol–water partition coefficient (Wildman–Crippen LogP) is 2.15. The minimum Gasteiger partial charge on any atom is -0.380 e. The lowest BCUT2D eigenvalue weighted by Gasteiger charge is -2.17. The first kappa shape index (κ1) is 12.3. The van der Waals surface area contributed by atoms with Gasteiger partial charge in [0, 0.05) is 38.0 Å². The van der Waals surface area contributed by atoms with Gasteiger partial charge < -0.3 is 9.64 Å². The van der Waals surface area contributed by atoms with Crippen LogP contribution in [0.3, 0.4) is 0 Å². The SMILES string of the molecule is ClCc1csc(CCN2CCCOCC2)n1. The number of aromatic nitrogens is 1. The van der Waals surface area contributed by atoms with Crippen molar-refractivity contribution in [3.63, 3.8) is 0 Å². The van der Waals surface area contributed by atoms with Gasteiger partial charge in [0.05, 0.1) is 23.2 Å². The van der Waals surface area contributed by atoms with Gasteiger partial charge in [0.1, 0.15) is 0 Å². The number of alkyl halides is 1. The molecule has 0 spiro atoms. The van der Waals surface area contributed by atoms with Crippen molar-refractivity contribution >= 4 is 22.9 Å². The lowest BCUT2D eigenvalue weighted by Crippen LogP contribution is -2.28. The second-order valence-corrected chi connectivity index (χ2v) is 5.13. The van der Waals surface area contributed by atoms with Crippen molar-refractivity contribution in [1.82, 2.24) is 9.88 Å². The Kier molecular flexibility index (Phi) is 5.03. The zero-order chi connectivity index (χ0) is 11.2. The van der Waals surface area contributed by atoms with E-state index in [0.717, 1.165) is 51.4 Å². The maximum Gasteiger partial charge on any atom is 0.0941 e. The van der Waals surface area contributed by atoms with Gasteiger partial charge in [-0.2, -0.15) is 0 Å². The summed E-state index contributed by atoms with van der Waals surface area (Å²) in [7, 11) is 0. The van der Waals surface area contributed by atoms with Gasteiger partial charge in [-0.3, -0.25) is 0 Å². The third kappa shape index (κ3) is 3.70. The Balaban J connectivity index is 1.77. The molecule has 0 N–H and O–H groups in total. The largest absolute Gasteiger partial charge is 0.380 e. The summed E-state index contributed by atoms with van der Waals surface area (Å²) in [4.78, 5) is 6.92. The summed E-state index contributed by atoms with van der Waals surface area (Å²) < 4.78 is 5.43. The van der Waals surface area contributed by atoms with Crippen molar-refractivity contribution in [2.75, 3.05) is 32.8 Å². The van der Waals surface area contributed by atoms with E-state index in [0.29, 0.717) is 5.88 Å². The fraction of sp³-hybridized carbons (Fsp3) is 0.727. The zero-order valence-corrected chi connectivity index (χ0v) is 10.9. The standard InChI is InChI=1S/C11H17ClN2OS/c12-8-10-9-16-11(13-10)2-4-14-3-1-6-15-7-5-14/h9H,1-8H2. The van der Waals surface area contributed by atoms with Gasteiger partial charge >= 0.3 is 0 Å². The van der Waals surface area contributed by atoms with E-state index in [-0.39, 0.29) is 0 Å². The highest BCUT2D eigenvalue weighted by molar-refractivity contribution is 7.09. The van der Waals surface area contributed by atoms with Crippen LogP contribution in [-0.2, 0) is 17.0 Å². The molecular weight excluding hydrogens is 244 g/mol. The van der Waals surface area contributed by atoms with Gasteiger partial charge in [-0.25, -0.2) is 4.98 Å². The Bertz CT molecular complexity index is 311. The van der Waals surface area contributed by atoms with Gasteiger partial charge in [-0.1, -0.05) is 0 Å². The quantitative estimate of drug-likeness (QED) is 0.776. The molecule has 1 fully saturated rings. The lowest BCUT2D eigenvalue weighted by atomic mass is 10.3. The Morgan fingerprint density at radius 1 is 1.44 bits per heavy atom. The first-order chi connectivity index (χ1) is 7.88. The molecule has 2 rings (SSSR count). The van der Waals surface area contributed by atoms with Crippen molar-refractivity contribution < 1.29 is 4.74 Å². The molecule has 2 heterocycles. The number of halogens is 1. The molecule has 1 aliphatic heterocycles. The van der Waals surface area contributed by atoms with Gasteiger partial charge in [-0.05, 0) is 6.42 Å². The average Bonchev–Trinajstić information content (AvgIpc) is 2.61. The van der Waals surface area contributed by atoms with Crippen LogP contribution >= 0.6 is 22.9 Å². The second kappa shape index (κ2) is 6.55. The Hall–Kier alpha value is -0.160. The summed E-state index contributed by atoms with van der Waals surface area (Å²) in [5.74, 6) is 0.522. The van der Waals surface area contributed by atoms with Crippen LogP contribution in [0.4, 0.5) is 0 Å². The molecule has 1 aliphatic rings. The number of hydrogen-bond donors (Lipinski definition) is 0. The number of ether oxygens (including phenoxy) is 1. The normalized spacial score (nSPS) is 18.6. The fourth-order valence-corrected chi connectivity index (χ4v) is 2.82. The van der Waals surface area contributed by atoms with Crippen molar-refractivity contribution in [3.05, 3.63) is 16.1 Å². The number of thiazole rings is 1. The highest BCUT2D eigenvalue weighted by atomic mass is 35.5. The third-order valence-corrected chi connectivity index (χ3v) is 3.92. The Morgan fingerprint density at radius 2 is 2.38 bits per heavy atom. The minimum absolute atomic E-state index is 0.522.